The van der Waals surface area contributed by atoms with E-state index in [1.54, 1.807) is 0 Å². The predicted molar refractivity (Wildman–Crippen MR) is 78.4 cm³/mol. The summed E-state index contributed by atoms with van der Waals surface area (Å²) in [5, 5.41) is 6.18. The van der Waals surface area contributed by atoms with Crippen LogP contribution in [0.4, 0.5) is 10.5 Å². The molecule has 19 heavy (non-hydrogen) atoms. The highest BCUT2D eigenvalue weighted by atomic mass is 16.2. The van der Waals surface area contributed by atoms with Gasteiger partial charge in [0, 0.05) is 18.8 Å². The molecule has 1 aromatic carbocycles. The van der Waals surface area contributed by atoms with E-state index >= 15 is 0 Å². The van der Waals surface area contributed by atoms with Gasteiger partial charge < -0.3 is 15.5 Å². The normalized spacial score (nSPS) is 19.3. The second-order valence-electron chi connectivity index (χ2n) is 5.31. The Morgan fingerprint density at radius 1 is 1.47 bits per heavy atom. The van der Waals surface area contributed by atoms with Crippen LogP contribution < -0.4 is 10.6 Å². The van der Waals surface area contributed by atoms with Gasteiger partial charge in [-0.1, -0.05) is 12.1 Å². The maximum atomic E-state index is 12.2. The van der Waals surface area contributed by atoms with Crippen LogP contribution in [0.2, 0.25) is 0 Å². The summed E-state index contributed by atoms with van der Waals surface area (Å²) in [7, 11) is 1.96. The molecule has 4 nitrogen and oxygen atoms in total. The van der Waals surface area contributed by atoms with E-state index in [2.05, 4.69) is 10.6 Å². The molecule has 1 atom stereocenters. The lowest BCUT2D eigenvalue weighted by molar-refractivity contribution is 0.177. The van der Waals surface area contributed by atoms with Gasteiger partial charge in [-0.05, 0) is 57.0 Å². The van der Waals surface area contributed by atoms with Gasteiger partial charge >= 0.3 is 6.03 Å². The maximum absolute atomic E-state index is 12.2. The van der Waals surface area contributed by atoms with Gasteiger partial charge in [0.1, 0.15) is 0 Å². The number of hydrogen-bond donors (Lipinski definition) is 2. The van der Waals surface area contributed by atoms with Gasteiger partial charge in [0.25, 0.3) is 0 Å². The zero-order valence-electron chi connectivity index (χ0n) is 11.8. The lowest BCUT2D eigenvalue weighted by atomic mass is 9.98. The minimum absolute atomic E-state index is 0.0198. The summed E-state index contributed by atoms with van der Waals surface area (Å²) < 4.78 is 0. The summed E-state index contributed by atoms with van der Waals surface area (Å²) in [6.45, 7) is 4.71. The first kappa shape index (κ1) is 13.9. The summed E-state index contributed by atoms with van der Waals surface area (Å²) in [6, 6.07) is 7.93. The van der Waals surface area contributed by atoms with Crippen molar-refractivity contribution in [3.8, 4) is 0 Å². The molecule has 2 N–H and O–H groups in total. The molecule has 1 fully saturated rings. The maximum Gasteiger partial charge on any atom is 0.321 e. The van der Waals surface area contributed by atoms with Crippen molar-refractivity contribution in [2.75, 3.05) is 32.0 Å². The molecule has 0 radical (unpaired) electrons. The van der Waals surface area contributed by atoms with E-state index in [0.717, 1.165) is 37.3 Å². The van der Waals surface area contributed by atoms with Crippen LogP contribution >= 0.6 is 0 Å². The molecule has 0 bridgehead atoms. The quantitative estimate of drug-likeness (QED) is 0.878. The van der Waals surface area contributed by atoms with E-state index in [4.69, 9.17) is 0 Å². The summed E-state index contributed by atoms with van der Waals surface area (Å²) >= 11 is 0. The average molecular weight is 261 g/mol. The largest absolute Gasteiger partial charge is 0.324 e. The summed E-state index contributed by atoms with van der Waals surface area (Å²) in [6.07, 6.45) is 2.29. The van der Waals surface area contributed by atoms with Crippen molar-refractivity contribution in [2.24, 2.45) is 5.92 Å². The third-order valence-corrected chi connectivity index (χ3v) is 3.57. The minimum Gasteiger partial charge on any atom is -0.324 e. The number of benzene rings is 1. The highest BCUT2D eigenvalue weighted by Gasteiger charge is 2.23. The fourth-order valence-corrected chi connectivity index (χ4v) is 2.63. The molecule has 1 heterocycles. The number of carbonyl (C=O) groups excluding carboxylic acids is 1. The molecule has 4 heteroatoms. The van der Waals surface area contributed by atoms with E-state index < -0.39 is 0 Å². The van der Waals surface area contributed by atoms with Crippen LogP contribution in [0.15, 0.2) is 24.3 Å². The van der Waals surface area contributed by atoms with Crippen molar-refractivity contribution in [1.82, 2.24) is 10.2 Å². The minimum atomic E-state index is 0.0198. The molecule has 0 spiro atoms. The van der Waals surface area contributed by atoms with E-state index in [-0.39, 0.29) is 6.03 Å². The number of hydrogen-bond acceptors (Lipinski definition) is 2. The van der Waals surface area contributed by atoms with Gasteiger partial charge in [-0.25, -0.2) is 4.79 Å². The Balaban J connectivity index is 1.92. The molecule has 1 aliphatic rings. The number of nitrogens with zero attached hydrogens (tertiary/aromatic N) is 1. The third kappa shape index (κ3) is 3.96. The van der Waals surface area contributed by atoms with Crippen LogP contribution in [0.25, 0.3) is 0 Å². The Morgan fingerprint density at radius 3 is 3.05 bits per heavy atom. The van der Waals surface area contributed by atoms with E-state index in [0.29, 0.717) is 5.92 Å². The Kier molecular flexibility index (Phi) is 4.80. The zero-order valence-corrected chi connectivity index (χ0v) is 11.8. The number of rotatable bonds is 3. The Bertz CT molecular complexity index is 431. The Hall–Kier alpha value is -1.55. The number of amides is 2. The monoisotopic (exact) mass is 261 g/mol. The second kappa shape index (κ2) is 6.57. The highest BCUT2D eigenvalue weighted by Crippen LogP contribution is 2.17. The molecule has 0 saturated carbocycles. The number of anilines is 1. The van der Waals surface area contributed by atoms with Gasteiger partial charge in [-0.15, -0.1) is 0 Å². The van der Waals surface area contributed by atoms with Gasteiger partial charge in [0.2, 0.25) is 0 Å². The average Bonchev–Trinajstić information content (AvgIpc) is 2.39. The Morgan fingerprint density at radius 2 is 2.32 bits per heavy atom. The molecule has 2 amide bonds. The molecule has 0 aliphatic carbocycles. The van der Waals surface area contributed by atoms with Crippen LogP contribution in [0.1, 0.15) is 18.4 Å². The first-order valence-corrected chi connectivity index (χ1v) is 6.96. The molecule has 1 aliphatic heterocycles. The van der Waals surface area contributed by atoms with E-state index in [9.17, 15) is 4.79 Å². The summed E-state index contributed by atoms with van der Waals surface area (Å²) in [5.41, 5.74) is 2.03. The molecule has 2 rings (SSSR count). The molecule has 1 saturated heterocycles. The Labute approximate surface area is 115 Å². The zero-order chi connectivity index (χ0) is 13.7. The van der Waals surface area contributed by atoms with Crippen LogP contribution in [-0.2, 0) is 0 Å². The first-order chi connectivity index (χ1) is 9.19. The van der Waals surface area contributed by atoms with Crippen LogP contribution in [0.3, 0.4) is 0 Å². The molecule has 0 aromatic heterocycles. The van der Waals surface area contributed by atoms with Crippen LogP contribution in [-0.4, -0.2) is 37.6 Å². The second-order valence-corrected chi connectivity index (χ2v) is 5.31. The highest BCUT2D eigenvalue weighted by molar-refractivity contribution is 5.89. The van der Waals surface area contributed by atoms with Gasteiger partial charge in [0.05, 0.1) is 0 Å². The van der Waals surface area contributed by atoms with Crippen molar-refractivity contribution < 1.29 is 4.79 Å². The third-order valence-electron chi connectivity index (χ3n) is 3.57. The van der Waals surface area contributed by atoms with E-state index in [1.165, 1.54) is 6.42 Å². The number of urea groups is 1. The molecule has 104 valence electrons. The van der Waals surface area contributed by atoms with Gasteiger partial charge in [-0.2, -0.15) is 0 Å². The molecular formula is C15H23N3O. The van der Waals surface area contributed by atoms with Crippen LogP contribution in [0, 0.1) is 12.8 Å². The van der Waals surface area contributed by atoms with Crippen molar-refractivity contribution in [2.45, 2.75) is 19.8 Å². The number of likely N-dealkylation sites (tertiary alicyclic amines) is 1. The summed E-state index contributed by atoms with van der Waals surface area (Å²) in [5.74, 6) is 0.571. The van der Waals surface area contributed by atoms with Crippen molar-refractivity contribution in [1.29, 1.82) is 0 Å². The number of piperidine rings is 1. The molecule has 1 aromatic rings. The first-order valence-electron chi connectivity index (χ1n) is 6.96. The fourth-order valence-electron chi connectivity index (χ4n) is 2.63. The SMILES string of the molecule is CNCC1CCCN(C(=O)Nc2cccc(C)c2)C1. The van der Waals surface area contributed by atoms with Gasteiger partial charge in [0.15, 0.2) is 0 Å². The number of aryl methyl sites for hydroxylation is 1. The fraction of sp³-hybridized carbons (Fsp3) is 0.533. The summed E-state index contributed by atoms with van der Waals surface area (Å²) in [4.78, 5) is 14.1. The topological polar surface area (TPSA) is 44.4 Å². The van der Waals surface area contributed by atoms with Crippen molar-refractivity contribution in [3.05, 3.63) is 29.8 Å². The smallest absolute Gasteiger partial charge is 0.321 e. The molecule has 1 unspecified atom stereocenters. The van der Waals surface area contributed by atoms with Crippen molar-refractivity contribution >= 4 is 11.7 Å². The number of nitrogens with one attached hydrogen (secondary N) is 2. The lowest BCUT2D eigenvalue weighted by Crippen LogP contribution is -2.44. The van der Waals surface area contributed by atoms with Crippen molar-refractivity contribution in [3.63, 3.8) is 0 Å². The lowest BCUT2D eigenvalue weighted by Gasteiger charge is -2.32. The molecular weight excluding hydrogens is 238 g/mol. The van der Waals surface area contributed by atoms with E-state index in [1.807, 2.05) is 43.1 Å². The number of carbonyl (C=O) groups is 1. The van der Waals surface area contributed by atoms with Gasteiger partial charge in [-0.3, -0.25) is 0 Å². The predicted octanol–water partition coefficient (Wildman–Crippen LogP) is 2.46. The standard InChI is InChI=1S/C15H23N3O/c1-12-5-3-7-14(9-12)17-15(19)18-8-4-6-13(11-18)10-16-2/h3,5,7,9,13,16H,4,6,8,10-11H2,1-2H3,(H,17,19). The van der Waals surface area contributed by atoms with Crippen LogP contribution in [0.5, 0.6) is 0 Å².